The summed E-state index contributed by atoms with van der Waals surface area (Å²) in [6.07, 6.45) is 0. The third kappa shape index (κ3) is 3.48. The molecule has 1 N–H and O–H groups in total. The van der Waals surface area contributed by atoms with Crippen molar-refractivity contribution in [3.8, 4) is 5.75 Å². The minimum absolute atomic E-state index is 0.120. The molecule has 0 fully saturated rings. The molecule has 100 valence electrons. The lowest BCUT2D eigenvalue weighted by Gasteiger charge is -2.28. The Bertz CT molecular complexity index is 455. The van der Waals surface area contributed by atoms with Crippen LogP contribution in [-0.2, 0) is 5.41 Å². The fourth-order valence-electron chi connectivity index (χ4n) is 2.12. The highest BCUT2D eigenvalue weighted by Crippen LogP contribution is 2.31. The fraction of sp³-hybridized carbons (Fsp3) is 0.500. The highest BCUT2D eigenvalue weighted by atomic mass is 79.9. The number of halogens is 1. The molecule has 1 aromatic carbocycles. The lowest BCUT2D eigenvalue weighted by atomic mass is 9.81. The number of methoxy groups -OCH3 is 1. The zero-order valence-electron chi connectivity index (χ0n) is 11.6. The van der Waals surface area contributed by atoms with Crippen LogP contribution >= 0.6 is 15.9 Å². The van der Waals surface area contributed by atoms with Crippen LogP contribution in [0.3, 0.4) is 0 Å². The molecule has 0 unspecified atom stereocenters. The minimum Gasteiger partial charge on any atom is -0.496 e. The molecule has 0 heterocycles. The van der Waals surface area contributed by atoms with Crippen LogP contribution in [0.15, 0.2) is 12.1 Å². The number of aryl methyl sites for hydroxylation is 2. The van der Waals surface area contributed by atoms with E-state index in [9.17, 15) is 4.79 Å². The molecule has 4 heteroatoms. The zero-order valence-corrected chi connectivity index (χ0v) is 13.1. The summed E-state index contributed by atoms with van der Waals surface area (Å²) in [7, 11) is 1.68. The van der Waals surface area contributed by atoms with E-state index in [0.717, 1.165) is 11.3 Å². The van der Waals surface area contributed by atoms with Gasteiger partial charge in [0.05, 0.1) is 7.11 Å². The molecule has 0 radical (unpaired) electrons. The molecule has 0 saturated heterocycles. The standard InChI is InChI=1S/C14H20BrNO2/c1-9-7-12(18-5)10(2)6-11(9)14(3,4)8-16-13(15)17/h6-7H,8H2,1-5H3,(H,16,17). The van der Waals surface area contributed by atoms with Crippen molar-refractivity contribution >= 4 is 20.7 Å². The van der Waals surface area contributed by atoms with Crippen LogP contribution in [0.25, 0.3) is 0 Å². The van der Waals surface area contributed by atoms with E-state index in [2.05, 4.69) is 48.1 Å². The summed E-state index contributed by atoms with van der Waals surface area (Å²) in [6.45, 7) is 8.91. The third-order valence-corrected chi connectivity index (χ3v) is 3.42. The summed E-state index contributed by atoms with van der Waals surface area (Å²) in [4.78, 5) is 10.8. The largest absolute Gasteiger partial charge is 0.496 e. The number of carbonyl (C=O) groups excluding carboxylic acids is 1. The van der Waals surface area contributed by atoms with Crippen LogP contribution in [0.5, 0.6) is 5.75 Å². The van der Waals surface area contributed by atoms with E-state index in [1.54, 1.807) is 7.11 Å². The van der Waals surface area contributed by atoms with Crippen molar-refractivity contribution in [3.63, 3.8) is 0 Å². The van der Waals surface area contributed by atoms with Crippen LogP contribution in [0.2, 0.25) is 0 Å². The van der Waals surface area contributed by atoms with Gasteiger partial charge >= 0.3 is 0 Å². The lowest BCUT2D eigenvalue weighted by Crippen LogP contribution is -2.34. The van der Waals surface area contributed by atoms with Crippen molar-refractivity contribution in [2.75, 3.05) is 13.7 Å². The first kappa shape index (κ1) is 15.0. The van der Waals surface area contributed by atoms with Gasteiger partial charge in [-0.25, -0.2) is 0 Å². The number of nitrogens with one attached hydrogen (secondary N) is 1. The van der Waals surface area contributed by atoms with E-state index in [-0.39, 0.29) is 10.2 Å². The SMILES string of the molecule is COc1cc(C)c(C(C)(C)CNC(=O)Br)cc1C. The molecule has 1 aromatic rings. The normalized spacial score (nSPS) is 11.2. The van der Waals surface area contributed by atoms with Gasteiger partial charge in [-0.2, -0.15) is 0 Å². The van der Waals surface area contributed by atoms with Crippen molar-refractivity contribution in [1.82, 2.24) is 5.32 Å². The van der Waals surface area contributed by atoms with Gasteiger partial charge < -0.3 is 10.1 Å². The molecular weight excluding hydrogens is 294 g/mol. The number of rotatable bonds is 4. The molecule has 3 nitrogen and oxygen atoms in total. The number of ether oxygens (including phenoxy) is 1. The van der Waals surface area contributed by atoms with E-state index in [1.807, 2.05) is 13.0 Å². The Labute approximate surface area is 117 Å². The molecule has 0 saturated carbocycles. The van der Waals surface area contributed by atoms with Gasteiger partial charge in [0.25, 0.3) is 4.82 Å². The molecule has 0 aliphatic carbocycles. The molecule has 0 aliphatic rings. The predicted octanol–water partition coefficient (Wildman–Crippen LogP) is 3.69. The van der Waals surface area contributed by atoms with Crippen molar-refractivity contribution in [2.45, 2.75) is 33.1 Å². The number of benzene rings is 1. The van der Waals surface area contributed by atoms with Gasteiger partial charge in [0, 0.05) is 27.9 Å². The number of hydrogen-bond donors (Lipinski definition) is 1. The predicted molar refractivity (Wildman–Crippen MR) is 77.8 cm³/mol. The summed E-state index contributed by atoms with van der Waals surface area (Å²) in [5.41, 5.74) is 3.38. The molecule has 0 bridgehead atoms. The molecule has 1 rings (SSSR count). The third-order valence-electron chi connectivity index (χ3n) is 3.14. The first-order valence-electron chi connectivity index (χ1n) is 5.87. The summed E-state index contributed by atoms with van der Waals surface area (Å²) in [5.74, 6) is 0.900. The van der Waals surface area contributed by atoms with Crippen LogP contribution in [0, 0.1) is 13.8 Å². The molecule has 0 atom stereocenters. The summed E-state index contributed by atoms with van der Waals surface area (Å²) in [6, 6.07) is 4.18. The van der Waals surface area contributed by atoms with Crippen LogP contribution in [0.4, 0.5) is 4.79 Å². The van der Waals surface area contributed by atoms with Crippen LogP contribution in [0.1, 0.15) is 30.5 Å². The Morgan fingerprint density at radius 1 is 1.33 bits per heavy atom. The van der Waals surface area contributed by atoms with Gasteiger partial charge in [-0.05, 0) is 36.6 Å². The van der Waals surface area contributed by atoms with E-state index >= 15 is 0 Å². The fourth-order valence-corrected chi connectivity index (χ4v) is 2.26. The van der Waals surface area contributed by atoms with E-state index in [1.165, 1.54) is 11.1 Å². The van der Waals surface area contributed by atoms with Gasteiger partial charge in [0.2, 0.25) is 0 Å². The molecule has 0 spiro atoms. The maximum atomic E-state index is 11.0. The smallest absolute Gasteiger partial charge is 0.287 e. The van der Waals surface area contributed by atoms with Crippen molar-refractivity contribution in [2.24, 2.45) is 0 Å². The summed E-state index contributed by atoms with van der Waals surface area (Å²) < 4.78 is 5.31. The van der Waals surface area contributed by atoms with Gasteiger partial charge in [-0.1, -0.05) is 19.9 Å². The summed E-state index contributed by atoms with van der Waals surface area (Å²) in [5, 5.41) is 2.81. The van der Waals surface area contributed by atoms with E-state index in [0.29, 0.717) is 6.54 Å². The second-order valence-corrected chi connectivity index (χ2v) is 5.87. The molecule has 0 aromatic heterocycles. The lowest BCUT2D eigenvalue weighted by molar-refractivity contribution is 0.259. The van der Waals surface area contributed by atoms with Crippen molar-refractivity contribution in [1.29, 1.82) is 0 Å². The Balaban J connectivity index is 3.08. The maximum Gasteiger partial charge on any atom is 0.287 e. The maximum absolute atomic E-state index is 11.0. The number of amides is 1. The molecule has 1 amide bonds. The average molecular weight is 314 g/mol. The topological polar surface area (TPSA) is 38.3 Å². The van der Waals surface area contributed by atoms with Crippen LogP contribution in [-0.4, -0.2) is 18.5 Å². The van der Waals surface area contributed by atoms with E-state index < -0.39 is 0 Å². The number of hydrogen-bond acceptors (Lipinski definition) is 2. The molecule has 0 aliphatic heterocycles. The Hall–Kier alpha value is -1.03. The second-order valence-electron chi connectivity index (χ2n) is 5.15. The molecule has 18 heavy (non-hydrogen) atoms. The molecular formula is C14H20BrNO2. The monoisotopic (exact) mass is 313 g/mol. The van der Waals surface area contributed by atoms with Gasteiger partial charge in [0.1, 0.15) is 5.75 Å². The zero-order chi connectivity index (χ0) is 13.9. The highest BCUT2D eigenvalue weighted by molar-refractivity contribution is 9.18. The second kappa shape index (κ2) is 5.74. The van der Waals surface area contributed by atoms with Gasteiger partial charge in [0.15, 0.2) is 0 Å². The number of carbonyl (C=O) groups is 1. The highest BCUT2D eigenvalue weighted by Gasteiger charge is 2.24. The van der Waals surface area contributed by atoms with E-state index in [4.69, 9.17) is 4.74 Å². The van der Waals surface area contributed by atoms with Gasteiger partial charge in [-0.3, -0.25) is 4.79 Å². The average Bonchev–Trinajstić information content (AvgIpc) is 2.29. The van der Waals surface area contributed by atoms with Gasteiger partial charge in [-0.15, -0.1) is 0 Å². The summed E-state index contributed by atoms with van der Waals surface area (Å²) >= 11 is 2.89. The van der Waals surface area contributed by atoms with Crippen molar-refractivity contribution in [3.05, 3.63) is 28.8 Å². The quantitative estimate of drug-likeness (QED) is 0.680. The Kier molecular flexibility index (Phi) is 4.79. The first-order chi connectivity index (χ1) is 8.27. The Morgan fingerprint density at radius 2 is 1.94 bits per heavy atom. The first-order valence-corrected chi connectivity index (χ1v) is 6.66. The van der Waals surface area contributed by atoms with Crippen LogP contribution < -0.4 is 10.1 Å². The van der Waals surface area contributed by atoms with Crippen molar-refractivity contribution < 1.29 is 9.53 Å². The Morgan fingerprint density at radius 3 is 2.44 bits per heavy atom. The minimum atomic E-state index is -0.182.